The van der Waals surface area contributed by atoms with Gasteiger partial charge < -0.3 is 14.6 Å². The largest absolute Gasteiger partial charge is 0.481 e. The number of carbonyl (C=O) groups excluding carboxylic acids is 1. The number of benzene rings is 1. The molecule has 18 heavy (non-hydrogen) atoms. The molecule has 0 saturated carbocycles. The molecule has 1 heterocycles. The Bertz CT molecular complexity index is 511. The molecule has 0 bridgehead atoms. The lowest BCUT2D eigenvalue weighted by atomic mass is 10.3. The van der Waals surface area contributed by atoms with Crippen LogP contribution in [0.4, 0.5) is 10.2 Å². The van der Waals surface area contributed by atoms with Gasteiger partial charge in [-0.2, -0.15) is 0 Å². The fourth-order valence-corrected chi connectivity index (χ4v) is 1.28. The second kappa shape index (κ2) is 5.31. The average Bonchev–Trinajstić information content (AvgIpc) is 2.85. The van der Waals surface area contributed by atoms with Gasteiger partial charge in [-0.05, 0) is 31.2 Å². The van der Waals surface area contributed by atoms with E-state index >= 15 is 0 Å². The van der Waals surface area contributed by atoms with E-state index in [1.54, 1.807) is 6.92 Å². The molecule has 0 fully saturated rings. The van der Waals surface area contributed by atoms with Crippen LogP contribution in [0.3, 0.4) is 0 Å². The average molecular weight is 250 g/mol. The van der Waals surface area contributed by atoms with Crippen LogP contribution in [0.1, 0.15) is 6.92 Å². The molecule has 1 atom stereocenters. The Hall–Kier alpha value is -2.37. The fraction of sp³-hybridized carbons (Fsp3) is 0.167. The minimum absolute atomic E-state index is 0.314. The highest BCUT2D eigenvalue weighted by Crippen LogP contribution is 2.13. The summed E-state index contributed by atoms with van der Waals surface area (Å²) in [5.74, 6) is 0.00374. The third kappa shape index (κ3) is 3.07. The first kappa shape index (κ1) is 12.1. The number of amides is 1. The van der Waals surface area contributed by atoms with Crippen LogP contribution in [0.2, 0.25) is 0 Å². The molecule has 0 aliphatic carbocycles. The van der Waals surface area contributed by atoms with E-state index in [4.69, 9.17) is 4.74 Å². The number of halogens is 1. The zero-order chi connectivity index (χ0) is 13.0. The highest BCUT2D eigenvalue weighted by molar-refractivity contribution is 5.93. The number of carbonyl (C=O) groups is 1. The van der Waals surface area contributed by atoms with Gasteiger partial charge in [-0.25, -0.2) is 4.39 Å². The van der Waals surface area contributed by atoms with Gasteiger partial charge in [-0.1, -0.05) is 5.16 Å². The fourth-order valence-electron chi connectivity index (χ4n) is 1.28. The molecule has 0 radical (unpaired) electrons. The first-order valence-corrected chi connectivity index (χ1v) is 5.28. The maximum absolute atomic E-state index is 12.7. The minimum atomic E-state index is -0.729. The van der Waals surface area contributed by atoms with Crippen molar-refractivity contribution in [3.8, 4) is 5.75 Å². The van der Waals surface area contributed by atoms with Gasteiger partial charge in [0, 0.05) is 6.07 Å². The smallest absolute Gasteiger partial charge is 0.266 e. The number of nitrogens with one attached hydrogen (secondary N) is 1. The van der Waals surface area contributed by atoms with Gasteiger partial charge in [-0.15, -0.1) is 0 Å². The molecule has 2 aromatic rings. The van der Waals surface area contributed by atoms with Crippen molar-refractivity contribution in [2.75, 3.05) is 5.32 Å². The number of rotatable bonds is 4. The van der Waals surface area contributed by atoms with Crippen molar-refractivity contribution in [3.05, 3.63) is 42.4 Å². The van der Waals surface area contributed by atoms with E-state index in [9.17, 15) is 9.18 Å². The molecule has 2 rings (SSSR count). The molecular weight excluding hydrogens is 239 g/mol. The van der Waals surface area contributed by atoms with Crippen LogP contribution in [0.15, 0.2) is 41.1 Å². The second-order valence-electron chi connectivity index (χ2n) is 3.59. The molecule has 6 heteroatoms. The van der Waals surface area contributed by atoms with Gasteiger partial charge in [0.15, 0.2) is 11.9 Å². The molecule has 5 nitrogen and oxygen atoms in total. The van der Waals surface area contributed by atoms with Crippen LogP contribution in [0, 0.1) is 5.82 Å². The molecular formula is C12H11FN2O3. The first-order valence-electron chi connectivity index (χ1n) is 5.28. The Kier molecular flexibility index (Phi) is 3.57. The summed E-state index contributed by atoms with van der Waals surface area (Å²) in [7, 11) is 0. The third-order valence-electron chi connectivity index (χ3n) is 2.18. The Morgan fingerprint density at radius 3 is 2.72 bits per heavy atom. The van der Waals surface area contributed by atoms with Gasteiger partial charge >= 0.3 is 0 Å². The normalized spacial score (nSPS) is 11.9. The summed E-state index contributed by atoms with van der Waals surface area (Å²) >= 11 is 0. The number of nitrogens with zero attached hydrogens (tertiary/aromatic N) is 1. The maximum atomic E-state index is 12.7. The lowest BCUT2D eigenvalue weighted by Gasteiger charge is -2.13. The Balaban J connectivity index is 1.93. The standard InChI is InChI=1S/C12H11FN2O3/c1-8(12(16)14-11-6-7-17-15-11)18-10-4-2-9(13)3-5-10/h2-8H,1H3,(H,14,15,16)/t8-/m1/s1. The molecule has 0 spiro atoms. The molecule has 1 amide bonds. The number of hydrogen-bond donors (Lipinski definition) is 1. The minimum Gasteiger partial charge on any atom is -0.481 e. The van der Waals surface area contributed by atoms with E-state index in [1.165, 1.54) is 36.6 Å². The topological polar surface area (TPSA) is 64.4 Å². The Labute approximate surface area is 103 Å². The van der Waals surface area contributed by atoms with Gasteiger partial charge in [0.25, 0.3) is 5.91 Å². The number of aromatic nitrogens is 1. The number of ether oxygens (including phenoxy) is 1. The first-order chi connectivity index (χ1) is 8.65. The lowest BCUT2D eigenvalue weighted by molar-refractivity contribution is -0.122. The molecule has 0 unspecified atom stereocenters. The molecule has 1 aromatic heterocycles. The zero-order valence-electron chi connectivity index (χ0n) is 9.59. The predicted molar refractivity (Wildman–Crippen MR) is 61.6 cm³/mol. The molecule has 0 saturated heterocycles. The summed E-state index contributed by atoms with van der Waals surface area (Å²) in [5, 5.41) is 6.06. The summed E-state index contributed by atoms with van der Waals surface area (Å²) in [4.78, 5) is 11.7. The zero-order valence-corrected chi connectivity index (χ0v) is 9.59. The third-order valence-corrected chi connectivity index (χ3v) is 2.18. The second-order valence-corrected chi connectivity index (χ2v) is 3.59. The van der Waals surface area contributed by atoms with Gasteiger partial charge in [0.2, 0.25) is 0 Å². The van der Waals surface area contributed by atoms with E-state index in [-0.39, 0.29) is 11.7 Å². The highest BCUT2D eigenvalue weighted by Gasteiger charge is 2.15. The van der Waals surface area contributed by atoms with Crippen molar-refractivity contribution < 1.29 is 18.4 Å². The van der Waals surface area contributed by atoms with Crippen molar-refractivity contribution in [3.63, 3.8) is 0 Å². The summed E-state index contributed by atoms with van der Waals surface area (Å²) in [6, 6.07) is 6.95. The van der Waals surface area contributed by atoms with Crippen LogP contribution in [-0.4, -0.2) is 17.2 Å². The van der Waals surface area contributed by atoms with E-state index in [0.717, 1.165) is 0 Å². The summed E-state index contributed by atoms with van der Waals surface area (Å²) < 4.78 is 22.6. The monoisotopic (exact) mass is 250 g/mol. The van der Waals surface area contributed by atoms with Crippen molar-refractivity contribution in [2.24, 2.45) is 0 Å². The molecule has 0 aliphatic heterocycles. The van der Waals surface area contributed by atoms with Crippen molar-refractivity contribution in [1.29, 1.82) is 0 Å². The Morgan fingerprint density at radius 1 is 1.39 bits per heavy atom. The predicted octanol–water partition coefficient (Wildman–Crippen LogP) is 2.22. The van der Waals surface area contributed by atoms with Crippen molar-refractivity contribution in [2.45, 2.75) is 13.0 Å². The van der Waals surface area contributed by atoms with E-state index in [2.05, 4.69) is 15.0 Å². The van der Waals surface area contributed by atoms with Crippen LogP contribution in [0.5, 0.6) is 5.75 Å². The summed E-state index contributed by atoms with van der Waals surface area (Å²) in [6.07, 6.45) is 0.619. The quantitative estimate of drug-likeness (QED) is 0.903. The highest BCUT2D eigenvalue weighted by atomic mass is 19.1. The molecule has 1 N–H and O–H groups in total. The van der Waals surface area contributed by atoms with Gasteiger partial charge in [-0.3, -0.25) is 4.79 Å². The van der Waals surface area contributed by atoms with Crippen LogP contribution in [0.25, 0.3) is 0 Å². The van der Waals surface area contributed by atoms with E-state index in [1.807, 2.05) is 0 Å². The van der Waals surface area contributed by atoms with Gasteiger partial charge in [0.1, 0.15) is 17.8 Å². The number of anilines is 1. The van der Waals surface area contributed by atoms with Crippen LogP contribution < -0.4 is 10.1 Å². The van der Waals surface area contributed by atoms with Crippen LogP contribution >= 0.6 is 0 Å². The molecule has 94 valence electrons. The lowest BCUT2D eigenvalue weighted by Crippen LogP contribution is -2.30. The summed E-state index contributed by atoms with van der Waals surface area (Å²) in [5.41, 5.74) is 0. The summed E-state index contributed by atoms with van der Waals surface area (Å²) in [6.45, 7) is 1.58. The van der Waals surface area contributed by atoms with Crippen LogP contribution in [-0.2, 0) is 4.79 Å². The van der Waals surface area contributed by atoms with E-state index in [0.29, 0.717) is 11.6 Å². The van der Waals surface area contributed by atoms with Crippen molar-refractivity contribution in [1.82, 2.24) is 5.16 Å². The molecule has 0 aliphatic rings. The number of hydrogen-bond acceptors (Lipinski definition) is 4. The van der Waals surface area contributed by atoms with Crippen molar-refractivity contribution >= 4 is 11.7 Å². The van der Waals surface area contributed by atoms with E-state index < -0.39 is 6.10 Å². The maximum Gasteiger partial charge on any atom is 0.266 e. The van der Waals surface area contributed by atoms with Gasteiger partial charge in [0.05, 0.1) is 0 Å². The Morgan fingerprint density at radius 2 is 2.11 bits per heavy atom. The molecule has 1 aromatic carbocycles. The SMILES string of the molecule is C[C@@H](Oc1ccc(F)cc1)C(=O)Nc1ccon1.